The van der Waals surface area contributed by atoms with Gasteiger partial charge in [0, 0.05) is 6.54 Å². The summed E-state index contributed by atoms with van der Waals surface area (Å²) in [6, 6.07) is 0.333. The van der Waals surface area contributed by atoms with Crippen LogP contribution in [0.15, 0.2) is 12.4 Å². The van der Waals surface area contributed by atoms with Crippen LogP contribution in [-0.2, 0) is 4.74 Å². The standard InChI is InChI=1S/C10H16N4O/c1-7-6-15-8(2)5-14(7)10-4-12-9(11)3-13-10/h3-4,7-8H,5-6H2,1-2H3,(H2,11,12). The van der Waals surface area contributed by atoms with Gasteiger partial charge >= 0.3 is 0 Å². The van der Waals surface area contributed by atoms with Gasteiger partial charge in [-0.1, -0.05) is 0 Å². The number of hydrogen-bond donors (Lipinski definition) is 1. The Morgan fingerprint density at radius 3 is 2.87 bits per heavy atom. The van der Waals surface area contributed by atoms with Gasteiger partial charge in [0.25, 0.3) is 0 Å². The molecule has 5 heteroatoms. The monoisotopic (exact) mass is 208 g/mol. The van der Waals surface area contributed by atoms with E-state index in [0.717, 1.165) is 19.0 Å². The summed E-state index contributed by atoms with van der Waals surface area (Å²) in [5.74, 6) is 1.32. The predicted molar refractivity (Wildman–Crippen MR) is 58.7 cm³/mol. The molecule has 1 fully saturated rings. The number of nitrogen functional groups attached to an aromatic ring is 1. The highest BCUT2D eigenvalue weighted by molar-refractivity contribution is 5.40. The molecule has 0 saturated carbocycles. The molecule has 2 rings (SSSR count). The molecule has 0 spiro atoms. The Labute approximate surface area is 89.3 Å². The highest BCUT2D eigenvalue weighted by Crippen LogP contribution is 2.18. The van der Waals surface area contributed by atoms with Crippen molar-refractivity contribution in [2.75, 3.05) is 23.8 Å². The third-order valence-corrected chi connectivity index (χ3v) is 2.56. The summed E-state index contributed by atoms with van der Waals surface area (Å²) >= 11 is 0. The maximum atomic E-state index is 5.55. The first-order chi connectivity index (χ1) is 7.16. The average Bonchev–Trinajstić information content (AvgIpc) is 2.23. The van der Waals surface area contributed by atoms with Gasteiger partial charge in [-0.25, -0.2) is 9.97 Å². The smallest absolute Gasteiger partial charge is 0.147 e. The van der Waals surface area contributed by atoms with E-state index in [1.807, 2.05) is 0 Å². The lowest BCUT2D eigenvalue weighted by atomic mass is 10.2. The van der Waals surface area contributed by atoms with Crippen molar-refractivity contribution in [2.45, 2.75) is 26.0 Å². The van der Waals surface area contributed by atoms with E-state index in [4.69, 9.17) is 10.5 Å². The molecule has 0 amide bonds. The zero-order chi connectivity index (χ0) is 10.8. The summed E-state index contributed by atoms with van der Waals surface area (Å²) in [6.07, 6.45) is 3.53. The van der Waals surface area contributed by atoms with Crippen molar-refractivity contribution in [3.8, 4) is 0 Å². The van der Waals surface area contributed by atoms with Crippen molar-refractivity contribution in [2.24, 2.45) is 0 Å². The maximum Gasteiger partial charge on any atom is 0.147 e. The SMILES string of the molecule is CC1CN(c2cnc(N)cn2)C(C)CO1. The fourth-order valence-corrected chi connectivity index (χ4v) is 1.70. The van der Waals surface area contributed by atoms with Gasteiger partial charge in [0.15, 0.2) is 0 Å². The van der Waals surface area contributed by atoms with E-state index in [2.05, 4.69) is 28.7 Å². The summed E-state index contributed by atoms with van der Waals surface area (Å²) < 4.78 is 5.55. The molecular formula is C10H16N4O. The topological polar surface area (TPSA) is 64.3 Å². The highest BCUT2D eigenvalue weighted by atomic mass is 16.5. The molecule has 0 bridgehead atoms. The molecule has 0 aliphatic carbocycles. The van der Waals surface area contributed by atoms with Gasteiger partial charge in [0.1, 0.15) is 11.6 Å². The Kier molecular flexibility index (Phi) is 2.73. The number of rotatable bonds is 1. The third kappa shape index (κ3) is 2.18. The van der Waals surface area contributed by atoms with Gasteiger partial charge in [0.2, 0.25) is 0 Å². The number of anilines is 2. The molecule has 2 unspecified atom stereocenters. The summed E-state index contributed by atoms with van der Waals surface area (Å²) in [6.45, 7) is 5.75. The Morgan fingerprint density at radius 2 is 2.20 bits per heavy atom. The Balaban J connectivity index is 2.17. The van der Waals surface area contributed by atoms with Crippen molar-refractivity contribution in [1.82, 2.24) is 9.97 Å². The second-order valence-corrected chi connectivity index (χ2v) is 3.94. The first-order valence-electron chi connectivity index (χ1n) is 5.12. The lowest BCUT2D eigenvalue weighted by Gasteiger charge is -2.37. The van der Waals surface area contributed by atoms with Crippen LogP contribution in [0.4, 0.5) is 11.6 Å². The zero-order valence-electron chi connectivity index (χ0n) is 9.05. The molecule has 82 valence electrons. The van der Waals surface area contributed by atoms with Crippen molar-refractivity contribution >= 4 is 11.6 Å². The van der Waals surface area contributed by atoms with E-state index in [1.165, 1.54) is 0 Å². The Hall–Kier alpha value is -1.36. The fraction of sp³-hybridized carbons (Fsp3) is 0.600. The fourth-order valence-electron chi connectivity index (χ4n) is 1.70. The van der Waals surface area contributed by atoms with Crippen molar-refractivity contribution in [3.05, 3.63) is 12.4 Å². The average molecular weight is 208 g/mol. The normalized spacial score (nSPS) is 26.7. The lowest BCUT2D eigenvalue weighted by molar-refractivity contribution is 0.0340. The molecule has 1 saturated heterocycles. The molecule has 0 aromatic carbocycles. The Bertz CT molecular complexity index is 327. The summed E-state index contributed by atoms with van der Waals surface area (Å²) in [5.41, 5.74) is 5.50. The molecule has 15 heavy (non-hydrogen) atoms. The summed E-state index contributed by atoms with van der Waals surface area (Å²) in [5, 5.41) is 0. The van der Waals surface area contributed by atoms with E-state index in [1.54, 1.807) is 12.4 Å². The molecule has 5 nitrogen and oxygen atoms in total. The van der Waals surface area contributed by atoms with Crippen LogP contribution in [0.2, 0.25) is 0 Å². The maximum absolute atomic E-state index is 5.55. The van der Waals surface area contributed by atoms with Gasteiger partial charge < -0.3 is 15.4 Å². The minimum atomic E-state index is 0.237. The molecule has 0 radical (unpaired) electrons. The second kappa shape index (κ2) is 4.02. The van der Waals surface area contributed by atoms with E-state index in [9.17, 15) is 0 Å². The van der Waals surface area contributed by atoms with Crippen LogP contribution < -0.4 is 10.6 Å². The molecule has 2 N–H and O–H groups in total. The van der Waals surface area contributed by atoms with E-state index in [-0.39, 0.29) is 6.10 Å². The summed E-state index contributed by atoms with van der Waals surface area (Å²) in [4.78, 5) is 10.5. The zero-order valence-corrected chi connectivity index (χ0v) is 9.05. The molecule has 1 aliphatic heterocycles. The second-order valence-electron chi connectivity index (χ2n) is 3.94. The minimum Gasteiger partial charge on any atom is -0.382 e. The van der Waals surface area contributed by atoms with Gasteiger partial charge in [-0.05, 0) is 13.8 Å². The molecule has 1 aliphatic rings. The number of aromatic nitrogens is 2. The van der Waals surface area contributed by atoms with Crippen LogP contribution in [0.25, 0.3) is 0 Å². The van der Waals surface area contributed by atoms with Gasteiger partial charge in [-0.3, -0.25) is 0 Å². The molecule has 2 atom stereocenters. The molecular weight excluding hydrogens is 192 g/mol. The summed E-state index contributed by atoms with van der Waals surface area (Å²) in [7, 11) is 0. The lowest BCUT2D eigenvalue weighted by Crippen LogP contribution is -2.47. The number of ether oxygens (including phenoxy) is 1. The van der Waals surface area contributed by atoms with Gasteiger partial charge in [0.05, 0.1) is 31.1 Å². The van der Waals surface area contributed by atoms with Crippen LogP contribution in [0.1, 0.15) is 13.8 Å². The minimum absolute atomic E-state index is 0.237. The molecule has 1 aromatic heterocycles. The van der Waals surface area contributed by atoms with E-state index >= 15 is 0 Å². The third-order valence-electron chi connectivity index (χ3n) is 2.56. The van der Waals surface area contributed by atoms with Crippen molar-refractivity contribution in [3.63, 3.8) is 0 Å². The van der Waals surface area contributed by atoms with E-state index in [0.29, 0.717) is 11.9 Å². The number of nitrogens with two attached hydrogens (primary N) is 1. The van der Waals surface area contributed by atoms with Gasteiger partial charge in [-0.15, -0.1) is 0 Å². The predicted octanol–water partition coefficient (Wildman–Crippen LogP) is 0.672. The van der Waals surface area contributed by atoms with Crippen molar-refractivity contribution < 1.29 is 4.74 Å². The van der Waals surface area contributed by atoms with Crippen LogP contribution in [-0.4, -0.2) is 35.3 Å². The van der Waals surface area contributed by atoms with Crippen LogP contribution in [0.3, 0.4) is 0 Å². The first kappa shape index (κ1) is 10.2. The van der Waals surface area contributed by atoms with Crippen LogP contribution >= 0.6 is 0 Å². The van der Waals surface area contributed by atoms with Crippen LogP contribution in [0, 0.1) is 0 Å². The van der Waals surface area contributed by atoms with E-state index < -0.39 is 0 Å². The number of hydrogen-bond acceptors (Lipinski definition) is 5. The quantitative estimate of drug-likeness (QED) is 0.735. The largest absolute Gasteiger partial charge is 0.382 e. The van der Waals surface area contributed by atoms with Gasteiger partial charge in [-0.2, -0.15) is 0 Å². The molecule has 2 heterocycles. The molecule has 1 aromatic rings. The van der Waals surface area contributed by atoms with Crippen molar-refractivity contribution in [1.29, 1.82) is 0 Å². The first-order valence-corrected chi connectivity index (χ1v) is 5.12. The van der Waals surface area contributed by atoms with Crippen LogP contribution in [0.5, 0.6) is 0 Å². The number of nitrogens with zero attached hydrogens (tertiary/aromatic N) is 3. The highest BCUT2D eigenvalue weighted by Gasteiger charge is 2.24. The Morgan fingerprint density at radius 1 is 1.40 bits per heavy atom. The number of morpholine rings is 1.